The van der Waals surface area contributed by atoms with Crippen LogP contribution in [0.4, 0.5) is 5.82 Å². The van der Waals surface area contributed by atoms with E-state index in [0.717, 1.165) is 38.2 Å². The summed E-state index contributed by atoms with van der Waals surface area (Å²) in [5.74, 6) is 1.08. The first-order valence-corrected chi connectivity index (χ1v) is 8.15. The molecule has 1 unspecified atom stereocenters. The molecule has 1 aliphatic heterocycles. The molecule has 106 valence electrons. The predicted molar refractivity (Wildman–Crippen MR) is 85.3 cm³/mol. The van der Waals surface area contributed by atoms with Gasteiger partial charge in [-0.05, 0) is 47.9 Å². The second-order valence-corrected chi connectivity index (χ2v) is 6.44. The number of anilines is 1. The van der Waals surface area contributed by atoms with Crippen molar-refractivity contribution in [3.8, 4) is 0 Å². The molecule has 20 heavy (non-hydrogen) atoms. The summed E-state index contributed by atoms with van der Waals surface area (Å²) >= 11 is 1.87. The Hall–Kier alpha value is -1.39. The molecule has 0 bridgehead atoms. The zero-order valence-corrected chi connectivity index (χ0v) is 12.7. The summed E-state index contributed by atoms with van der Waals surface area (Å²) in [5, 5.41) is 2.19. The summed E-state index contributed by atoms with van der Waals surface area (Å²) in [4.78, 5) is 8.51. The second-order valence-electron chi connectivity index (χ2n) is 5.44. The number of nitrogens with zero attached hydrogens (tertiary/aromatic N) is 2. The molecule has 2 N–H and O–H groups in total. The van der Waals surface area contributed by atoms with Gasteiger partial charge in [0, 0.05) is 30.2 Å². The van der Waals surface area contributed by atoms with Gasteiger partial charge in [0.1, 0.15) is 5.82 Å². The number of hydrogen-bond donors (Lipinski definition) is 1. The van der Waals surface area contributed by atoms with Crippen LogP contribution in [0.15, 0.2) is 29.8 Å². The van der Waals surface area contributed by atoms with Gasteiger partial charge in [-0.2, -0.15) is 0 Å². The highest BCUT2D eigenvalue weighted by Gasteiger charge is 2.18. The van der Waals surface area contributed by atoms with Crippen LogP contribution in [0.5, 0.6) is 0 Å². The molecule has 1 atom stereocenters. The molecule has 1 aliphatic rings. The molecule has 0 saturated heterocycles. The van der Waals surface area contributed by atoms with Gasteiger partial charge in [0.15, 0.2) is 0 Å². The SMILES string of the molecule is CCC(N)Cc1ccc(N2CCc3sccc3C2)nc1. The first-order valence-electron chi connectivity index (χ1n) is 7.27. The maximum absolute atomic E-state index is 5.99. The minimum absolute atomic E-state index is 0.242. The van der Waals surface area contributed by atoms with Crippen molar-refractivity contribution in [1.29, 1.82) is 0 Å². The Morgan fingerprint density at radius 1 is 1.40 bits per heavy atom. The third kappa shape index (κ3) is 2.86. The third-order valence-corrected chi connectivity index (χ3v) is 4.99. The van der Waals surface area contributed by atoms with Gasteiger partial charge in [-0.1, -0.05) is 13.0 Å². The highest BCUT2D eigenvalue weighted by Crippen LogP contribution is 2.26. The number of thiophene rings is 1. The van der Waals surface area contributed by atoms with Crippen LogP contribution in [0, 0.1) is 0 Å². The average molecular weight is 287 g/mol. The van der Waals surface area contributed by atoms with Gasteiger partial charge in [0.2, 0.25) is 0 Å². The molecule has 0 radical (unpaired) electrons. The van der Waals surface area contributed by atoms with E-state index in [1.54, 1.807) is 0 Å². The van der Waals surface area contributed by atoms with Crippen LogP contribution in [0.3, 0.4) is 0 Å². The zero-order valence-electron chi connectivity index (χ0n) is 11.9. The Kier molecular flexibility index (Phi) is 4.03. The number of pyridine rings is 1. The lowest BCUT2D eigenvalue weighted by molar-refractivity contribution is 0.644. The average Bonchev–Trinajstić information content (AvgIpc) is 2.95. The molecule has 0 fully saturated rings. The van der Waals surface area contributed by atoms with Crippen molar-refractivity contribution in [1.82, 2.24) is 4.98 Å². The fourth-order valence-corrected chi connectivity index (χ4v) is 3.51. The summed E-state index contributed by atoms with van der Waals surface area (Å²) in [5.41, 5.74) is 8.68. The van der Waals surface area contributed by atoms with E-state index in [1.165, 1.54) is 16.0 Å². The van der Waals surface area contributed by atoms with Crippen molar-refractivity contribution in [2.24, 2.45) is 5.73 Å². The van der Waals surface area contributed by atoms with Gasteiger partial charge < -0.3 is 10.6 Å². The van der Waals surface area contributed by atoms with Crippen LogP contribution >= 0.6 is 11.3 Å². The quantitative estimate of drug-likeness (QED) is 0.940. The molecular weight excluding hydrogens is 266 g/mol. The number of fused-ring (bicyclic) bond motifs is 1. The second kappa shape index (κ2) is 5.94. The van der Waals surface area contributed by atoms with E-state index in [1.807, 2.05) is 17.5 Å². The van der Waals surface area contributed by atoms with Crippen molar-refractivity contribution in [2.75, 3.05) is 11.4 Å². The lowest BCUT2D eigenvalue weighted by Gasteiger charge is -2.28. The summed E-state index contributed by atoms with van der Waals surface area (Å²) in [7, 11) is 0. The van der Waals surface area contributed by atoms with Crippen molar-refractivity contribution < 1.29 is 0 Å². The Labute approximate surface area is 124 Å². The molecule has 0 saturated carbocycles. The maximum Gasteiger partial charge on any atom is 0.128 e. The van der Waals surface area contributed by atoms with E-state index in [4.69, 9.17) is 5.73 Å². The van der Waals surface area contributed by atoms with Gasteiger partial charge in [0.25, 0.3) is 0 Å². The van der Waals surface area contributed by atoms with Crippen LogP contribution in [-0.2, 0) is 19.4 Å². The molecule has 0 aromatic carbocycles. The Morgan fingerprint density at radius 3 is 3.05 bits per heavy atom. The van der Waals surface area contributed by atoms with Gasteiger partial charge >= 0.3 is 0 Å². The van der Waals surface area contributed by atoms with E-state index in [9.17, 15) is 0 Å². The molecule has 4 heteroatoms. The van der Waals surface area contributed by atoms with Crippen molar-refractivity contribution in [3.05, 3.63) is 45.8 Å². The van der Waals surface area contributed by atoms with Crippen molar-refractivity contribution in [3.63, 3.8) is 0 Å². The minimum atomic E-state index is 0.242. The molecule has 0 aliphatic carbocycles. The third-order valence-electron chi connectivity index (χ3n) is 3.96. The molecule has 3 rings (SSSR count). The Bertz CT molecular complexity index is 561. The molecular formula is C16H21N3S. The van der Waals surface area contributed by atoms with E-state index in [0.29, 0.717) is 0 Å². The Balaban J connectivity index is 1.69. The molecule has 0 amide bonds. The van der Waals surface area contributed by atoms with Crippen LogP contribution < -0.4 is 10.6 Å². The van der Waals surface area contributed by atoms with Crippen LogP contribution in [0.2, 0.25) is 0 Å². The van der Waals surface area contributed by atoms with E-state index < -0.39 is 0 Å². The number of hydrogen-bond acceptors (Lipinski definition) is 4. The predicted octanol–water partition coefficient (Wildman–Crippen LogP) is 2.99. The van der Waals surface area contributed by atoms with Crippen molar-refractivity contribution in [2.45, 2.75) is 38.8 Å². The summed E-state index contributed by atoms with van der Waals surface area (Å²) in [6.07, 6.45) is 5.04. The van der Waals surface area contributed by atoms with E-state index in [-0.39, 0.29) is 6.04 Å². The topological polar surface area (TPSA) is 42.1 Å². The normalized spacial score (nSPS) is 16.0. The first-order chi connectivity index (χ1) is 9.76. The highest BCUT2D eigenvalue weighted by atomic mass is 32.1. The van der Waals surface area contributed by atoms with Crippen LogP contribution in [-0.4, -0.2) is 17.6 Å². The fourth-order valence-electron chi connectivity index (χ4n) is 2.62. The molecule has 3 nitrogen and oxygen atoms in total. The lowest BCUT2D eigenvalue weighted by Crippen LogP contribution is -2.30. The number of rotatable bonds is 4. The zero-order chi connectivity index (χ0) is 13.9. The molecule has 2 aromatic rings. The number of nitrogens with two attached hydrogens (primary N) is 1. The fraction of sp³-hybridized carbons (Fsp3) is 0.438. The first kappa shape index (κ1) is 13.6. The van der Waals surface area contributed by atoms with Crippen molar-refractivity contribution >= 4 is 17.2 Å². The smallest absolute Gasteiger partial charge is 0.128 e. The van der Waals surface area contributed by atoms with Crippen LogP contribution in [0.1, 0.15) is 29.3 Å². The van der Waals surface area contributed by atoms with Crippen LogP contribution in [0.25, 0.3) is 0 Å². The van der Waals surface area contributed by atoms with Gasteiger partial charge in [-0.3, -0.25) is 0 Å². The van der Waals surface area contributed by atoms with E-state index in [2.05, 4.69) is 40.4 Å². The molecule has 0 spiro atoms. The Morgan fingerprint density at radius 2 is 2.30 bits per heavy atom. The summed E-state index contributed by atoms with van der Waals surface area (Å²) in [6.45, 7) is 4.17. The molecule has 2 aromatic heterocycles. The van der Waals surface area contributed by atoms with Gasteiger partial charge in [0.05, 0.1) is 0 Å². The van der Waals surface area contributed by atoms with Gasteiger partial charge in [-0.25, -0.2) is 4.98 Å². The largest absolute Gasteiger partial charge is 0.352 e. The summed E-state index contributed by atoms with van der Waals surface area (Å²) < 4.78 is 0. The maximum atomic E-state index is 5.99. The highest BCUT2D eigenvalue weighted by molar-refractivity contribution is 7.10. The monoisotopic (exact) mass is 287 g/mol. The van der Waals surface area contributed by atoms with E-state index >= 15 is 0 Å². The number of aromatic nitrogens is 1. The summed E-state index contributed by atoms with van der Waals surface area (Å²) in [6, 6.07) is 6.78. The lowest BCUT2D eigenvalue weighted by atomic mass is 10.1. The standard InChI is InChI=1S/C16H21N3S/c1-2-14(17)9-12-3-4-16(18-10-12)19-7-5-15-13(11-19)6-8-20-15/h3-4,6,8,10,14H,2,5,7,9,11,17H2,1H3. The minimum Gasteiger partial charge on any atom is -0.352 e. The van der Waals surface area contributed by atoms with Gasteiger partial charge in [-0.15, -0.1) is 11.3 Å². The molecule has 3 heterocycles.